The van der Waals surface area contributed by atoms with Crippen LogP contribution in [0, 0.1) is 11.7 Å². The van der Waals surface area contributed by atoms with Gasteiger partial charge in [0, 0.05) is 13.1 Å². The van der Waals surface area contributed by atoms with Gasteiger partial charge < -0.3 is 20.5 Å². The van der Waals surface area contributed by atoms with Crippen LogP contribution in [0.1, 0.15) is 75.8 Å². The third-order valence-corrected chi connectivity index (χ3v) is 6.27. The van der Waals surface area contributed by atoms with Crippen LogP contribution < -0.4 is 20.5 Å². The van der Waals surface area contributed by atoms with Crippen LogP contribution in [0.5, 0.6) is 11.5 Å². The van der Waals surface area contributed by atoms with Crippen LogP contribution >= 0.6 is 12.6 Å². The van der Waals surface area contributed by atoms with E-state index in [1.807, 2.05) is 12.1 Å². The quantitative estimate of drug-likeness (QED) is 0.320. The van der Waals surface area contributed by atoms with E-state index in [9.17, 15) is 9.18 Å². The highest BCUT2D eigenvalue weighted by molar-refractivity contribution is 7.79. The van der Waals surface area contributed by atoms with Crippen molar-refractivity contribution in [2.75, 3.05) is 33.1 Å². The Bertz CT molecular complexity index is 877. The third kappa shape index (κ3) is 11.2. The summed E-state index contributed by atoms with van der Waals surface area (Å²) in [4.78, 5) is 11.5. The predicted octanol–water partition coefficient (Wildman–Crippen LogP) is 6.33. The fourth-order valence-corrected chi connectivity index (χ4v) is 4.33. The fraction of sp³-hybridized carbons (Fsp3) is 0.552. The van der Waals surface area contributed by atoms with Gasteiger partial charge in [-0.25, -0.2) is 4.39 Å². The number of thiol groups is 1. The number of hydrogen-bond donors (Lipinski definition) is 3. The number of carbonyl (C=O) groups is 1. The van der Waals surface area contributed by atoms with Crippen LogP contribution in [0.15, 0.2) is 42.5 Å². The number of rotatable bonds is 10. The number of halogens is 1. The number of nitrogens with two attached hydrogens (primary N) is 1. The minimum Gasteiger partial charge on any atom is -0.494 e. The van der Waals surface area contributed by atoms with E-state index >= 15 is 0 Å². The maximum absolute atomic E-state index is 12.9. The van der Waals surface area contributed by atoms with Crippen LogP contribution in [0.3, 0.4) is 0 Å². The van der Waals surface area contributed by atoms with Gasteiger partial charge in [-0.1, -0.05) is 51.8 Å². The summed E-state index contributed by atoms with van der Waals surface area (Å²) >= 11 is 3.53. The molecule has 36 heavy (non-hydrogen) atoms. The molecule has 0 aromatic heterocycles. The number of methoxy groups -OCH3 is 1. The van der Waals surface area contributed by atoms with E-state index in [0.717, 1.165) is 17.2 Å². The topological polar surface area (TPSA) is 73.6 Å². The molecule has 0 bridgehead atoms. The fourth-order valence-electron chi connectivity index (χ4n) is 4.33. The SMILES string of the molecule is CCCC1CCC(c2ccc(OCC(=O)NCCN)cc2)C1.COc1cc(C(C)C)ccc1F.CS. The zero-order valence-electron chi connectivity index (χ0n) is 22.6. The van der Waals surface area contributed by atoms with E-state index in [1.165, 1.54) is 50.8 Å². The van der Waals surface area contributed by atoms with Gasteiger partial charge in [0.25, 0.3) is 5.91 Å². The number of carbonyl (C=O) groups excluding carboxylic acids is 1. The van der Waals surface area contributed by atoms with Gasteiger partial charge in [-0.05, 0) is 78.7 Å². The Morgan fingerprint density at radius 2 is 1.86 bits per heavy atom. The molecule has 2 aromatic rings. The van der Waals surface area contributed by atoms with Crippen molar-refractivity contribution in [2.24, 2.45) is 11.7 Å². The molecule has 202 valence electrons. The Kier molecular flexibility index (Phi) is 15.9. The average molecular weight is 521 g/mol. The van der Waals surface area contributed by atoms with Crippen LogP contribution in [-0.4, -0.2) is 39.0 Å². The molecule has 2 unspecified atom stereocenters. The monoisotopic (exact) mass is 520 g/mol. The second kappa shape index (κ2) is 18.1. The smallest absolute Gasteiger partial charge is 0.257 e. The molecule has 1 fully saturated rings. The molecule has 0 spiro atoms. The molecule has 0 aliphatic heterocycles. The molecule has 3 rings (SSSR count). The number of nitrogens with one attached hydrogen (secondary N) is 1. The molecule has 0 heterocycles. The van der Waals surface area contributed by atoms with Crippen LogP contribution in [-0.2, 0) is 4.79 Å². The van der Waals surface area contributed by atoms with E-state index in [1.54, 1.807) is 18.4 Å². The first-order valence-corrected chi connectivity index (χ1v) is 13.7. The lowest BCUT2D eigenvalue weighted by Gasteiger charge is -2.12. The van der Waals surface area contributed by atoms with Crippen LogP contribution in [0.2, 0.25) is 0 Å². The zero-order valence-corrected chi connectivity index (χ0v) is 23.5. The lowest BCUT2D eigenvalue weighted by molar-refractivity contribution is -0.123. The maximum Gasteiger partial charge on any atom is 0.257 e. The molecule has 2 aromatic carbocycles. The molecule has 0 saturated heterocycles. The number of benzene rings is 2. The van der Waals surface area contributed by atoms with Gasteiger partial charge in [-0.15, -0.1) is 0 Å². The van der Waals surface area contributed by atoms with E-state index < -0.39 is 0 Å². The summed E-state index contributed by atoms with van der Waals surface area (Å²) in [6.07, 6.45) is 8.31. The summed E-state index contributed by atoms with van der Waals surface area (Å²) in [6.45, 7) is 7.37. The second-order valence-electron chi connectivity index (χ2n) is 9.21. The Balaban J connectivity index is 0.000000391. The van der Waals surface area contributed by atoms with E-state index in [4.69, 9.17) is 15.2 Å². The van der Waals surface area contributed by atoms with Gasteiger partial charge in [-0.3, -0.25) is 4.79 Å². The maximum atomic E-state index is 12.9. The van der Waals surface area contributed by atoms with Gasteiger partial charge in [0.2, 0.25) is 0 Å². The van der Waals surface area contributed by atoms with E-state index in [0.29, 0.717) is 30.7 Å². The Morgan fingerprint density at radius 3 is 2.44 bits per heavy atom. The lowest BCUT2D eigenvalue weighted by atomic mass is 9.95. The Hall–Kier alpha value is -2.25. The minimum atomic E-state index is -0.304. The molecule has 1 aliphatic carbocycles. The van der Waals surface area contributed by atoms with E-state index in [2.05, 4.69) is 50.8 Å². The molecule has 5 nitrogen and oxygen atoms in total. The largest absolute Gasteiger partial charge is 0.494 e. The van der Waals surface area contributed by atoms with Crippen LogP contribution in [0.4, 0.5) is 4.39 Å². The van der Waals surface area contributed by atoms with Crippen molar-refractivity contribution in [2.45, 2.75) is 64.7 Å². The highest BCUT2D eigenvalue weighted by Crippen LogP contribution is 2.40. The standard InChI is InChI=1S/C18H28N2O2.C10H13FO.CH4S/c1-2-3-14-4-5-16(12-14)15-6-8-17(9-7-15)22-13-18(21)20-11-10-19;1-7(2)8-4-5-9(11)10(6-8)12-3;1-2/h6-9,14,16H,2-5,10-13,19H2,1H3,(H,20,21);4-7H,1-3H3;2H,1H3. The molecule has 3 N–H and O–H groups in total. The number of ether oxygens (including phenoxy) is 2. The van der Waals surface area contributed by atoms with Crippen molar-refractivity contribution < 1.29 is 18.7 Å². The second-order valence-corrected chi connectivity index (χ2v) is 9.21. The molecule has 1 aliphatic rings. The van der Waals surface area contributed by atoms with Crippen molar-refractivity contribution in [3.8, 4) is 11.5 Å². The third-order valence-electron chi connectivity index (χ3n) is 6.27. The van der Waals surface area contributed by atoms with Crippen molar-refractivity contribution in [3.63, 3.8) is 0 Å². The van der Waals surface area contributed by atoms with Crippen molar-refractivity contribution >= 4 is 18.5 Å². The average Bonchev–Trinajstić information content (AvgIpc) is 3.37. The zero-order chi connectivity index (χ0) is 26.9. The van der Waals surface area contributed by atoms with Crippen molar-refractivity contribution in [1.82, 2.24) is 5.32 Å². The van der Waals surface area contributed by atoms with Gasteiger partial charge in [-0.2, -0.15) is 12.6 Å². The summed E-state index contributed by atoms with van der Waals surface area (Å²) in [5.41, 5.74) is 7.83. The van der Waals surface area contributed by atoms with Crippen molar-refractivity contribution in [1.29, 1.82) is 0 Å². The first kappa shape index (κ1) is 31.8. The molecular formula is C29H45FN2O3S. The summed E-state index contributed by atoms with van der Waals surface area (Å²) in [7, 11) is 1.47. The summed E-state index contributed by atoms with van der Waals surface area (Å²) in [5.74, 6) is 2.63. The Morgan fingerprint density at radius 1 is 1.17 bits per heavy atom. The van der Waals surface area contributed by atoms with E-state index in [-0.39, 0.29) is 18.3 Å². The molecule has 0 radical (unpaired) electrons. The predicted molar refractivity (Wildman–Crippen MR) is 151 cm³/mol. The first-order chi connectivity index (χ1) is 17.4. The molecule has 2 atom stereocenters. The molecule has 1 amide bonds. The number of hydrogen-bond acceptors (Lipinski definition) is 5. The molecule has 7 heteroatoms. The minimum absolute atomic E-state index is 0.0430. The summed E-state index contributed by atoms with van der Waals surface area (Å²) in [5, 5.41) is 2.69. The summed E-state index contributed by atoms with van der Waals surface area (Å²) in [6, 6.07) is 13.2. The van der Waals surface area contributed by atoms with Gasteiger partial charge in [0.1, 0.15) is 5.75 Å². The van der Waals surface area contributed by atoms with Gasteiger partial charge in [0.15, 0.2) is 18.2 Å². The van der Waals surface area contributed by atoms with Crippen molar-refractivity contribution in [3.05, 3.63) is 59.4 Å². The Labute approximate surface area is 222 Å². The normalized spacial score (nSPS) is 16.4. The highest BCUT2D eigenvalue weighted by Gasteiger charge is 2.25. The highest BCUT2D eigenvalue weighted by atomic mass is 32.1. The summed E-state index contributed by atoms with van der Waals surface area (Å²) < 4.78 is 23.3. The van der Waals surface area contributed by atoms with Gasteiger partial charge >= 0.3 is 0 Å². The first-order valence-electron chi connectivity index (χ1n) is 12.9. The lowest BCUT2D eigenvalue weighted by Crippen LogP contribution is -2.32. The van der Waals surface area contributed by atoms with Gasteiger partial charge in [0.05, 0.1) is 7.11 Å². The number of amides is 1. The van der Waals surface area contributed by atoms with Crippen LogP contribution in [0.25, 0.3) is 0 Å². The molecular weight excluding hydrogens is 475 g/mol. The molecule has 1 saturated carbocycles.